The summed E-state index contributed by atoms with van der Waals surface area (Å²) in [6.45, 7) is 6.46. The molecule has 0 saturated carbocycles. The summed E-state index contributed by atoms with van der Waals surface area (Å²) in [7, 11) is 0. The van der Waals surface area contributed by atoms with Crippen LogP contribution in [0.4, 0.5) is 5.69 Å². The first kappa shape index (κ1) is 11.0. The molecular weight excluding hydrogens is 196 g/mol. The molecule has 2 nitrogen and oxygen atoms in total. The van der Waals surface area contributed by atoms with Gasteiger partial charge in [-0.15, -0.1) is 0 Å². The predicted octanol–water partition coefficient (Wildman–Crippen LogP) is 2.89. The van der Waals surface area contributed by atoms with Crippen LogP contribution in [-0.4, -0.2) is 13.1 Å². The second kappa shape index (κ2) is 4.57. The van der Waals surface area contributed by atoms with Gasteiger partial charge < -0.3 is 4.90 Å². The number of hydrogen-bond acceptors (Lipinski definition) is 2. The van der Waals surface area contributed by atoms with E-state index in [1.165, 1.54) is 16.8 Å². The van der Waals surface area contributed by atoms with E-state index in [-0.39, 0.29) is 0 Å². The molecule has 84 valence electrons. The summed E-state index contributed by atoms with van der Waals surface area (Å²) in [5, 5.41) is 9.23. The Hall–Kier alpha value is -1.49. The van der Waals surface area contributed by atoms with Crippen molar-refractivity contribution in [1.29, 1.82) is 5.26 Å². The fourth-order valence-corrected chi connectivity index (χ4v) is 2.47. The fourth-order valence-electron chi connectivity index (χ4n) is 2.47. The monoisotopic (exact) mass is 214 g/mol. The van der Waals surface area contributed by atoms with Crippen molar-refractivity contribution in [1.82, 2.24) is 0 Å². The van der Waals surface area contributed by atoms with E-state index in [1.807, 2.05) is 6.07 Å². The van der Waals surface area contributed by atoms with Crippen LogP contribution in [0.15, 0.2) is 12.1 Å². The lowest BCUT2D eigenvalue weighted by atomic mass is 10.0. The van der Waals surface area contributed by atoms with Crippen LogP contribution in [0.1, 0.15) is 37.0 Å². The second-order valence-corrected chi connectivity index (χ2v) is 4.35. The van der Waals surface area contributed by atoms with Crippen molar-refractivity contribution in [2.75, 3.05) is 18.0 Å². The summed E-state index contributed by atoms with van der Waals surface area (Å²) in [6, 6.07) is 6.67. The van der Waals surface area contributed by atoms with Gasteiger partial charge in [0.1, 0.15) is 6.07 Å². The first-order chi connectivity index (χ1) is 7.80. The Bertz CT molecular complexity index is 429. The lowest BCUT2D eigenvalue weighted by Gasteiger charge is -2.19. The molecular formula is C14H18N2. The Kier molecular flexibility index (Phi) is 3.14. The molecule has 0 aromatic heterocycles. The van der Waals surface area contributed by atoms with Gasteiger partial charge in [-0.3, -0.25) is 0 Å². The Balaban J connectivity index is 2.45. The van der Waals surface area contributed by atoms with Gasteiger partial charge in [0.2, 0.25) is 0 Å². The number of nitrogens with zero attached hydrogens (tertiary/aromatic N) is 2. The van der Waals surface area contributed by atoms with Crippen molar-refractivity contribution in [2.24, 2.45) is 0 Å². The van der Waals surface area contributed by atoms with Gasteiger partial charge in [-0.1, -0.05) is 19.9 Å². The topological polar surface area (TPSA) is 27.0 Å². The van der Waals surface area contributed by atoms with E-state index in [9.17, 15) is 5.26 Å². The van der Waals surface area contributed by atoms with E-state index in [4.69, 9.17) is 0 Å². The van der Waals surface area contributed by atoms with Crippen molar-refractivity contribution < 1.29 is 0 Å². The van der Waals surface area contributed by atoms with Crippen LogP contribution < -0.4 is 4.90 Å². The lowest BCUT2D eigenvalue weighted by molar-refractivity contribution is 0.796. The highest BCUT2D eigenvalue weighted by atomic mass is 15.1. The van der Waals surface area contributed by atoms with Crippen molar-refractivity contribution >= 4 is 5.69 Å². The van der Waals surface area contributed by atoms with Crippen LogP contribution in [0.2, 0.25) is 0 Å². The molecule has 1 aliphatic rings. The molecule has 2 heteroatoms. The number of hydrogen-bond donors (Lipinski definition) is 0. The summed E-state index contributed by atoms with van der Waals surface area (Å²) in [4.78, 5) is 2.35. The smallest absolute Gasteiger partial charge is 0.101 e. The van der Waals surface area contributed by atoms with Crippen molar-refractivity contribution in [2.45, 2.75) is 33.1 Å². The molecule has 0 aliphatic carbocycles. The van der Waals surface area contributed by atoms with Gasteiger partial charge in [0, 0.05) is 13.1 Å². The van der Waals surface area contributed by atoms with Gasteiger partial charge in [0.15, 0.2) is 0 Å². The molecule has 1 aliphatic heterocycles. The average molecular weight is 214 g/mol. The molecule has 0 fully saturated rings. The quantitative estimate of drug-likeness (QED) is 0.773. The number of rotatable bonds is 3. The summed E-state index contributed by atoms with van der Waals surface area (Å²) in [5.74, 6) is 0. The highest BCUT2D eigenvalue weighted by molar-refractivity contribution is 5.68. The van der Waals surface area contributed by atoms with Crippen LogP contribution in [0.3, 0.4) is 0 Å². The molecule has 0 spiro atoms. The molecule has 0 atom stereocenters. The first-order valence-electron chi connectivity index (χ1n) is 6.11. The first-order valence-corrected chi connectivity index (χ1v) is 6.11. The molecule has 1 aromatic rings. The Labute approximate surface area is 97.5 Å². The zero-order valence-electron chi connectivity index (χ0n) is 10.1. The maximum Gasteiger partial charge on any atom is 0.101 e. The Morgan fingerprint density at radius 1 is 1.38 bits per heavy atom. The predicted molar refractivity (Wildman–Crippen MR) is 66.7 cm³/mol. The summed E-state index contributed by atoms with van der Waals surface area (Å²) in [5.41, 5.74) is 4.71. The van der Waals surface area contributed by atoms with Crippen LogP contribution in [0.25, 0.3) is 0 Å². The van der Waals surface area contributed by atoms with Crippen LogP contribution in [-0.2, 0) is 12.8 Å². The van der Waals surface area contributed by atoms with Crippen molar-refractivity contribution in [3.8, 4) is 6.07 Å². The van der Waals surface area contributed by atoms with Crippen LogP contribution in [0.5, 0.6) is 0 Å². The summed E-state index contributed by atoms with van der Waals surface area (Å²) < 4.78 is 0. The summed E-state index contributed by atoms with van der Waals surface area (Å²) in [6.07, 6.45) is 3.24. The number of anilines is 1. The van der Waals surface area contributed by atoms with Gasteiger partial charge in [-0.05, 0) is 36.5 Å². The van der Waals surface area contributed by atoms with Gasteiger partial charge in [0.05, 0.1) is 11.3 Å². The van der Waals surface area contributed by atoms with Crippen molar-refractivity contribution in [3.05, 3.63) is 28.8 Å². The normalized spacial score (nSPS) is 13.7. The van der Waals surface area contributed by atoms with Crippen molar-refractivity contribution in [3.63, 3.8) is 0 Å². The highest BCUT2D eigenvalue weighted by Crippen LogP contribution is 2.32. The van der Waals surface area contributed by atoms with E-state index in [2.05, 4.69) is 30.9 Å². The molecule has 16 heavy (non-hydrogen) atoms. The molecule has 0 N–H and O–H groups in total. The standard InChI is InChI=1S/C14H18N2/c1-3-6-16-7-5-12-8-11(4-2)9-13(10-15)14(12)16/h8-9H,3-7H2,1-2H3. The Morgan fingerprint density at radius 3 is 2.81 bits per heavy atom. The zero-order valence-corrected chi connectivity index (χ0v) is 10.1. The molecule has 0 saturated heterocycles. The van der Waals surface area contributed by atoms with E-state index in [0.29, 0.717) is 0 Å². The number of nitriles is 1. The van der Waals surface area contributed by atoms with Crippen LogP contribution >= 0.6 is 0 Å². The number of fused-ring (bicyclic) bond motifs is 1. The van der Waals surface area contributed by atoms with Gasteiger partial charge in [0.25, 0.3) is 0 Å². The molecule has 0 unspecified atom stereocenters. The SMILES string of the molecule is CCCN1CCc2cc(CC)cc(C#N)c21. The maximum absolute atomic E-state index is 9.23. The number of aryl methyl sites for hydroxylation is 1. The fraction of sp³-hybridized carbons (Fsp3) is 0.500. The van der Waals surface area contributed by atoms with E-state index in [0.717, 1.165) is 37.9 Å². The van der Waals surface area contributed by atoms with Crippen LogP contribution in [0, 0.1) is 11.3 Å². The van der Waals surface area contributed by atoms with Gasteiger partial charge in [-0.25, -0.2) is 0 Å². The average Bonchev–Trinajstić information content (AvgIpc) is 2.72. The molecule has 0 amide bonds. The van der Waals surface area contributed by atoms with Gasteiger partial charge >= 0.3 is 0 Å². The minimum Gasteiger partial charge on any atom is -0.370 e. The molecule has 1 aromatic carbocycles. The largest absolute Gasteiger partial charge is 0.370 e. The third-order valence-electron chi connectivity index (χ3n) is 3.24. The van der Waals surface area contributed by atoms with E-state index < -0.39 is 0 Å². The minimum atomic E-state index is 0.861. The lowest BCUT2D eigenvalue weighted by Crippen LogP contribution is -2.21. The molecule has 0 radical (unpaired) electrons. The third kappa shape index (κ3) is 1.78. The number of benzene rings is 1. The van der Waals surface area contributed by atoms with E-state index in [1.54, 1.807) is 0 Å². The van der Waals surface area contributed by atoms with E-state index >= 15 is 0 Å². The zero-order chi connectivity index (χ0) is 11.5. The minimum absolute atomic E-state index is 0.861. The summed E-state index contributed by atoms with van der Waals surface area (Å²) >= 11 is 0. The molecule has 2 rings (SSSR count). The highest BCUT2D eigenvalue weighted by Gasteiger charge is 2.22. The second-order valence-electron chi connectivity index (χ2n) is 4.35. The molecule has 0 bridgehead atoms. The third-order valence-corrected chi connectivity index (χ3v) is 3.24. The Morgan fingerprint density at radius 2 is 2.19 bits per heavy atom. The maximum atomic E-state index is 9.23. The molecule has 1 heterocycles. The van der Waals surface area contributed by atoms with Gasteiger partial charge in [-0.2, -0.15) is 5.26 Å².